The molecule has 1 aliphatic rings. The highest BCUT2D eigenvalue weighted by molar-refractivity contribution is 9.10. The lowest BCUT2D eigenvalue weighted by atomic mass is 10.0. The molecule has 2 aromatic carbocycles. The first-order valence-corrected chi connectivity index (χ1v) is 9.68. The molecule has 1 fully saturated rings. The Morgan fingerprint density at radius 2 is 1.56 bits per heavy atom. The minimum absolute atomic E-state index is 0.133. The van der Waals surface area contributed by atoms with E-state index in [0.29, 0.717) is 5.92 Å². The number of nitrogens with zero attached hydrogens (tertiary/aromatic N) is 2. The molecule has 0 aliphatic carbocycles. The van der Waals surface area contributed by atoms with Gasteiger partial charge in [0, 0.05) is 42.8 Å². The summed E-state index contributed by atoms with van der Waals surface area (Å²) in [5.41, 5.74) is 3.49. The maximum atomic E-state index is 12.6. The summed E-state index contributed by atoms with van der Waals surface area (Å²) in [5.74, 6) is 0.704. The van der Waals surface area contributed by atoms with Gasteiger partial charge in [0.2, 0.25) is 0 Å². The fourth-order valence-electron chi connectivity index (χ4n) is 3.15. The second-order valence-corrected chi connectivity index (χ2v) is 7.89. The van der Waals surface area contributed by atoms with Crippen molar-refractivity contribution in [2.75, 3.05) is 26.2 Å². The zero-order chi connectivity index (χ0) is 17.8. The standard InChI is InChI=1S/C21H25BrN2O/c1-16(2)18-5-3-17(4-6-18)15-23-11-13-24(14-12-23)21(25)19-7-9-20(22)10-8-19/h3-10,16H,11-15H2,1-2H3. The van der Waals surface area contributed by atoms with Gasteiger partial charge in [-0.25, -0.2) is 0 Å². The summed E-state index contributed by atoms with van der Waals surface area (Å²) in [4.78, 5) is 17.0. The van der Waals surface area contributed by atoms with Crippen molar-refractivity contribution in [2.45, 2.75) is 26.3 Å². The molecule has 0 bridgehead atoms. The van der Waals surface area contributed by atoms with Crippen LogP contribution in [0.3, 0.4) is 0 Å². The average Bonchev–Trinajstić information content (AvgIpc) is 2.63. The van der Waals surface area contributed by atoms with Crippen molar-refractivity contribution in [3.63, 3.8) is 0 Å². The summed E-state index contributed by atoms with van der Waals surface area (Å²) in [6.07, 6.45) is 0. The summed E-state index contributed by atoms with van der Waals surface area (Å²) in [6, 6.07) is 16.5. The van der Waals surface area contributed by atoms with Gasteiger partial charge in [0.15, 0.2) is 0 Å². The molecule has 0 unspecified atom stereocenters. The van der Waals surface area contributed by atoms with E-state index in [4.69, 9.17) is 0 Å². The first-order valence-electron chi connectivity index (χ1n) is 8.89. The largest absolute Gasteiger partial charge is 0.336 e. The van der Waals surface area contributed by atoms with Crippen LogP contribution < -0.4 is 0 Å². The zero-order valence-corrected chi connectivity index (χ0v) is 16.5. The van der Waals surface area contributed by atoms with Crippen molar-refractivity contribution >= 4 is 21.8 Å². The summed E-state index contributed by atoms with van der Waals surface area (Å²) < 4.78 is 0.998. The van der Waals surface area contributed by atoms with Gasteiger partial charge in [-0.15, -0.1) is 0 Å². The lowest BCUT2D eigenvalue weighted by molar-refractivity contribution is 0.0628. The van der Waals surface area contributed by atoms with Gasteiger partial charge in [-0.1, -0.05) is 54.0 Å². The molecule has 3 rings (SSSR count). The van der Waals surface area contributed by atoms with Crippen molar-refractivity contribution < 1.29 is 4.79 Å². The van der Waals surface area contributed by atoms with Gasteiger partial charge < -0.3 is 4.90 Å². The average molecular weight is 401 g/mol. The number of halogens is 1. The zero-order valence-electron chi connectivity index (χ0n) is 14.9. The monoisotopic (exact) mass is 400 g/mol. The van der Waals surface area contributed by atoms with E-state index in [1.54, 1.807) is 0 Å². The highest BCUT2D eigenvalue weighted by atomic mass is 79.9. The molecule has 0 saturated carbocycles. The lowest BCUT2D eigenvalue weighted by Gasteiger charge is -2.34. The van der Waals surface area contributed by atoms with Gasteiger partial charge >= 0.3 is 0 Å². The summed E-state index contributed by atoms with van der Waals surface area (Å²) in [5, 5.41) is 0. The van der Waals surface area contributed by atoms with E-state index in [-0.39, 0.29) is 5.91 Å². The Hall–Kier alpha value is -1.65. The van der Waals surface area contributed by atoms with Crippen molar-refractivity contribution in [1.82, 2.24) is 9.80 Å². The molecule has 0 atom stereocenters. The van der Waals surface area contributed by atoms with E-state index in [0.717, 1.165) is 42.8 Å². The topological polar surface area (TPSA) is 23.6 Å². The molecule has 1 saturated heterocycles. The van der Waals surface area contributed by atoms with Crippen LogP contribution in [0.4, 0.5) is 0 Å². The highest BCUT2D eigenvalue weighted by Crippen LogP contribution is 2.17. The molecule has 0 spiro atoms. The Morgan fingerprint density at radius 3 is 2.12 bits per heavy atom. The van der Waals surface area contributed by atoms with E-state index in [9.17, 15) is 4.79 Å². The van der Waals surface area contributed by atoms with Crippen LogP contribution in [-0.4, -0.2) is 41.9 Å². The highest BCUT2D eigenvalue weighted by Gasteiger charge is 2.22. The van der Waals surface area contributed by atoms with Crippen LogP contribution in [0.2, 0.25) is 0 Å². The molecule has 25 heavy (non-hydrogen) atoms. The molecule has 4 heteroatoms. The predicted octanol–water partition coefficient (Wildman–Crippen LogP) is 4.53. The van der Waals surface area contributed by atoms with Crippen molar-refractivity contribution in [1.29, 1.82) is 0 Å². The van der Waals surface area contributed by atoms with E-state index >= 15 is 0 Å². The second-order valence-electron chi connectivity index (χ2n) is 6.97. The minimum atomic E-state index is 0.133. The SMILES string of the molecule is CC(C)c1ccc(CN2CCN(C(=O)c3ccc(Br)cc3)CC2)cc1. The van der Waals surface area contributed by atoms with Crippen molar-refractivity contribution in [3.05, 3.63) is 69.7 Å². The molecule has 1 heterocycles. The summed E-state index contributed by atoms with van der Waals surface area (Å²) in [6.45, 7) is 8.83. The van der Waals surface area contributed by atoms with Crippen molar-refractivity contribution in [3.8, 4) is 0 Å². The number of carbonyl (C=O) groups is 1. The number of hydrogen-bond donors (Lipinski definition) is 0. The first kappa shape index (κ1) is 18.2. The lowest BCUT2D eigenvalue weighted by Crippen LogP contribution is -2.48. The molecular formula is C21H25BrN2O. The third-order valence-electron chi connectivity index (χ3n) is 4.80. The van der Waals surface area contributed by atoms with E-state index < -0.39 is 0 Å². The summed E-state index contributed by atoms with van der Waals surface area (Å²) >= 11 is 3.41. The smallest absolute Gasteiger partial charge is 0.253 e. The van der Waals surface area contributed by atoms with Crippen LogP contribution >= 0.6 is 15.9 Å². The second kappa shape index (κ2) is 8.15. The van der Waals surface area contributed by atoms with Gasteiger partial charge in [0.25, 0.3) is 5.91 Å². The van der Waals surface area contributed by atoms with Crippen LogP contribution in [-0.2, 0) is 6.54 Å². The first-order chi connectivity index (χ1) is 12.0. The van der Waals surface area contributed by atoms with Crippen LogP contribution in [0.25, 0.3) is 0 Å². The maximum Gasteiger partial charge on any atom is 0.253 e. The number of piperazine rings is 1. The van der Waals surface area contributed by atoms with Crippen LogP contribution in [0, 0.1) is 0 Å². The minimum Gasteiger partial charge on any atom is -0.336 e. The number of hydrogen-bond acceptors (Lipinski definition) is 2. The number of rotatable bonds is 4. The van der Waals surface area contributed by atoms with Gasteiger partial charge in [-0.3, -0.25) is 9.69 Å². The molecule has 1 aliphatic heterocycles. The van der Waals surface area contributed by atoms with E-state index in [2.05, 4.69) is 58.9 Å². The third-order valence-corrected chi connectivity index (χ3v) is 5.33. The number of benzene rings is 2. The Bertz CT molecular complexity index is 702. The quantitative estimate of drug-likeness (QED) is 0.752. The number of amides is 1. The Kier molecular flexibility index (Phi) is 5.92. The summed E-state index contributed by atoms with van der Waals surface area (Å²) in [7, 11) is 0. The molecule has 3 nitrogen and oxygen atoms in total. The Morgan fingerprint density at radius 1 is 0.960 bits per heavy atom. The third kappa shape index (κ3) is 4.71. The number of carbonyl (C=O) groups excluding carboxylic acids is 1. The molecule has 2 aromatic rings. The normalized spacial score (nSPS) is 15.6. The fourth-order valence-corrected chi connectivity index (χ4v) is 3.41. The van der Waals surface area contributed by atoms with Crippen LogP contribution in [0.15, 0.2) is 53.0 Å². The molecule has 1 amide bonds. The van der Waals surface area contributed by atoms with Crippen LogP contribution in [0.1, 0.15) is 41.3 Å². The van der Waals surface area contributed by atoms with Crippen LogP contribution in [0.5, 0.6) is 0 Å². The molecule has 0 aromatic heterocycles. The van der Waals surface area contributed by atoms with Crippen molar-refractivity contribution in [2.24, 2.45) is 0 Å². The fraction of sp³-hybridized carbons (Fsp3) is 0.381. The molecule has 0 N–H and O–H groups in total. The Balaban J connectivity index is 1.53. The molecule has 132 valence electrons. The maximum absolute atomic E-state index is 12.6. The Labute approximate surface area is 158 Å². The van der Waals surface area contributed by atoms with E-state index in [1.165, 1.54) is 11.1 Å². The van der Waals surface area contributed by atoms with Gasteiger partial charge in [-0.2, -0.15) is 0 Å². The van der Waals surface area contributed by atoms with Gasteiger partial charge in [0.05, 0.1) is 0 Å². The molecular weight excluding hydrogens is 376 g/mol. The van der Waals surface area contributed by atoms with Gasteiger partial charge in [-0.05, 0) is 41.3 Å². The molecule has 0 radical (unpaired) electrons. The van der Waals surface area contributed by atoms with E-state index in [1.807, 2.05) is 29.2 Å². The predicted molar refractivity (Wildman–Crippen MR) is 106 cm³/mol. The van der Waals surface area contributed by atoms with Gasteiger partial charge in [0.1, 0.15) is 0 Å².